The first kappa shape index (κ1) is 12.7. The molecule has 0 atom stereocenters. The van der Waals surface area contributed by atoms with Gasteiger partial charge in [-0.05, 0) is 26.8 Å². The second kappa shape index (κ2) is 4.63. The zero-order valence-electron chi connectivity index (χ0n) is 11.5. The number of hydrogen-bond acceptors (Lipinski definition) is 4. The summed E-state index contributed by atoms with van der Waals surface area (Å²) >= 11 is 0. The van der Waals surface area contributed by atoms with E-state index in [0.717, 1.165) is 17.5 Å². The Labute approximate surface area is 115 Å². The summed E-state index contributed by atoms with van der Waals surface area (Å²) in [6.07, 6.45) is 4.07. The van der Waals surface area contributed by atoms with E-state index in [1.165, 1.54) is 6.33 Å². The Bertz CT molecular complexity index is 778. The van der Waals surface area contributed by atoms with Crippen molar-refractivity contribution < 1.29 is 4.39 Å². The fourth-order valence-corrected chi connectivity index (χ4v) is 2.40. The van der Waals surface area contributed by atoms with Crippen molar-refractivity contribution in [2.45, 2.75) is 26.8 Å². The zero-order chi connectivity index (χ0) is 14.3. The number of imidazole rings is 1. The van der Waals surface area contributed by atoms with E-state index in [4.69, 9.17) is 0 Å². The third kappa shape index (κ3) is 1.93. The number of aromatic nitrogens is 5. The highest BCUT2D eigenvalue weighted by Gasteiger charge is 2.14. The van der Waals surface area contributed by atoms with Crippen LogP contribution < -0.4 is 0 Å². The monoisotopic (exact) mass is 271 g/mol. The summed E-state index contributed by atoms with van der Waals surface area (Å²) < 4.78 is 15.8. The molecule has 102 valence electrons. The maximum Gasteiger partial charge on any atom is 0.177 e. The van der Waals surface area contributed by atoms with Gasteiger partial charge < -0.3 is 4.57 Å². The topological polar surface area (TPSA) is 56.5 Å². The molecule has 0 radical (unpaired) electrons. The highest BCUT2D eigenvalue weighted by atomic mass is 19.1. The lowest BCUT2D eigenvalue weighted by Crippen LogP contribution is -2.03. The normalized spacial score (nSPS) is 11.4. The van der Waals surface area contributed by atoms with Crippen LogP contribution in [0.4, 0.5) is 4.39 Å². The molecule has 0 bridgehead atoms. The highest BCUT2D eigenvalue weighted by molar-refractivity contribution is 5.78. The first-order valence-electron chi connectivity index (χ1n) is 6.38. The van der Waals surface area contributed by atoms with Gasteiger partial charge in [0.2, 0.25) is 0 Å². The highest BCUT2D eigenvalue weighted by Crippen LogP contribution is 2.25. The van der Waals surface area contributed by atoms with Gasteiger partial charge in [-0.2, -0.15) is 0 Å². The molecular formula is C14H14FN5. The van der Waals surface area contributed by atoms with Crippen LogP contribution in [-0.4, -0.2) is 24.5 Å². The minimum Gasteiger partial charge on any atom is -0.324 e. The molecule has 0 unspecified atom stereocenters. The SMILES string of the molecule is Cc1nc2ncc(-c3ncncc3F)cc2n1C(C)C. The van der Waals surface area contributed by atoms with Crippen molar-refractivity contribution in [1.29, 1.82) is 0 Å². The lowest BCUT2D eigenvalue weighted by molar-refractivity contribution is 0.600. The molecule has 0 saturated heterocycles. The second-order valence-corrected chi connectivity index (χ2v) is 4.91. The van der Waals surface area contributed by atoms with E-state index in [9.17, 15) is 4.39 Å². The van der Waals surface area contributed by atoms with Gasteiger partial charge in [0.05, 0.1) is 11.7 Å². The minimum absolute atomic E-state index is 0.253. The van der Waals surface area contributed by atoms with Crippen LogP contribution in [0.5, 0.6) is 0 Å². The number of fused-ring (bicyclic) bond motifs is 1. The molecule has 5 nitrogen and oxygen atoms in total. The molecule has 0 fully saturated rings. The van der Waals surface area contributed by atoms with Crippen molar-refractivity contribution in [1.82, 2.24) is 24.5 Å². The minimum atomic E-state index is -0.457. The van der Waals surface area contributed by atoms with Crippen molar-refractivity contribution in [3.8, 4) is 11.3 Å². The van der Waals surface area contributed by atoms with E-state index >= 15 is 0 Å². The van der Waals surface area contributed by atoms with Gasteiger partial charge in [-0.25, -0.2) is 24.3 Å². The average molecular weight is 271 g/mol. The van der Waals surface area contributed by atoms with Crippen molar-refractivity contribution >= 4 is 11.2 Å². The van der Waals surface area contributed by atoms with Crippen molar-refractivity contribution in [3.05, 3.63) is 36.4 Å². The Kier molecular flexibility index (Phi) is 2.93. The van der Waals surface area contributed by atoms with Crippen LogP contribution in [0.3, 0.4) is 0 Å². The number of halogens is 1. The van der Waals surface area contributed by atoms with Gasteiger partial charge in [0.1, 0.15) is 17.8 Å². The van der Waals surface area contributed by atoms with Crippen LogP contribution >= 0.6 is 0 Å². The Balaban J connectivity index is 2.25. The number of rotatable bonds is 2. The van der Waals surface area contributed by atoms with Crippen LogP contribution in [0.25, 0.3) is 22.4 Å². The Hall–Kier alpha value is -2.37. The molecule has 3 aromatic rings. The zero-order valence-corrected chi connectivity index (χ0v) is 11.5. The van der Waals surface area contributed by atoms with Gasteiger partial charge >= 0.3 is 0 Å². The molecule has 0 aromatic carbocycles. The molecule has 3 heterocycles. The summed E-state index contributed by atoms with van der Waals surface area (Å²) in [5.74, 6) is 0.434. The molecule has 0 saturated carbocycles. The molecule has 6 heteroatoms. The van der Waals surface area contributed by atoms with Crippen LogP contribution in [0.1, 0.15) is 25.7 Å². The van der Waals surface area contributed by atoms with E-state index in [-0.39, 0.29) is 11.7 Å². The summed E-state index contributed by atoms with van der Waals surface area (Å²) in [5.41, 5.74) is 2.42. The lowest BCUT2D eigenvalue weighted by atomic mass is 10.2. The number of aryl methyl sites for hydroxylation is 1. The summed E-state index contributed by atoms with van der Waals surface area (Å²) in [6, 6.07) is 2.13. The molecule has 20 heavy (non-hydrogen) atoms. The van der Waals surface area contributed by atoms with Gasteiger partial charge in [-0.1, -0.05) is 0 Å². The van der Waals surface area contributed by atoms with Crippen LogP contribution in [0.15, 0.2) is 24.8 Å². The standard InChI is InChI=1S/C14H14FN5/c1-8(2)20-9(3)19-14-12(20)4-10(5-17-14)13-11(15)6-16-7-18-13/h4-8H,1-3H3. The summed E-state index contributed by atoms with van der Waals surface area (Å²) in [4.78, 5) is 16.4. The van der Waals surface area contributed by atoms with E-state index in [2.05, 4.69) is 38.4 Å². The molecule has 0 aliphatic heterocycles. The maximum absolute atomic E-state index is 13.8. The predicted octanol–water partition coefficient (Wildman–Crippen LogP) is 2.92. The molecule has 0 N–H and O–H groups in total. The molecular weight excluding hydrogens is 257 g/mol. The predicted molar refractivity (Wildman–Crippen MR) is 73.6 cm³/mol. The summed E-state index contributed by atoms with van der Waals surface area (Å²) in [7, 11) is 0. The van der Waals surface area contributed by atoms with Crippen LogP contribution in [0, 0.1) is 12.7 Å². The van der Waals surface area contributed by atoms with Crippen molar-refractivity contribution in [3.63, 3.8) is 0 Å². The van der Waals surface area contributed by atoms with E-state index < -0.39 is 5.82 Å². The Morgan fingerprint density at radius 3 is 2.70 bits per heavy atom. The number of nitrogens with zero attached hydrogens (tertiary/aromatic N) is 5. The van der Waals surface area contributed by atoms with Crippen molar-refractivity contribution in [2.75, 3.05) is 0 Å². The third-order valence-electron chi connectivity index (χ3n) is 3.18. The maximum atomic E-state index is 13.8. The molecule has 3 aromatic heterocycles. The third-order valence-corrected chi connectivity index (χ3v) is 3.18. The van der Waals surface area contributed by atoms with Gasteiger partial charge in [0.15, 0.2) is 11.5 Å². The first-order valence-corrected chi connectivity index (χ1v) is 6.38. The fourth-order valence-electron chi connectivity index (χ4n) is 2.40. The van der Waals surface area contributed by atoms with Gasteiger partial charge in [-0.3, -0.25) is 0 Å². The molecule has 0 amide bonds. The smallest absolute Gasteiger partial charge is 0.177 e. The van der Waals surface area contributed by atoms with Gasteiger partial charge in [0.25, 0.3) is 0 Å². The lowest BCUT2D eigenvalue weighted by Gasteiger charge is -2.11. The summed E-state index contributed by atoms with van der Waals surface area (Å²) in [5, 5.41) is 0. The van der Waals surface area contributed by atoms with Gasteiger partial charge in [0, 0.05) is 17.8 Å². The number of pyridine rings is 1. The largest absolute Gasteiger partial charge is 0.324 e. The van der Waals surface area contributed by atoms with Crippen molar-refractivity contribution in [2.24, 2.45) is 0 Å². The van der Waals surface area contributed by atoms with E-state index in [0.29, 0.717) is 11.2 Å². The Morgan fingerprint density at radius 1 is 1.20 bits per heavy atom. The Morgan fingerprint density at radius 2 is 2.00 bits per heavy atom. The van der Waals surface area contributed by atoms with E-state index in [1.807, 2.05) is 13.0 Å². The van der Waals surface area contributed by atoms with E-state index in [1.54, 1.807) is 6.20 Å². The molecule has 0 aliphatic rings. The molecule has 0 spiro atoms. The van der Waals surface area contributed by atoms with Crippen LogP contribution in [-0.2, 0) is 0 Å². The summed E-state index contributed by atoms with van der Waals surface area (Å²) in [6.45, 7) is 6.09. The van der Waals surface area contributed by atoms with Crippen LogP contribution in [0.2, 0.25) is 0 Å². The second-order valence-electron chi connectivity index (χ2n) is 4.91. The van der Waals surface area contributed by atoms with Gasteiger partial charge in [-0.15, -0.1) is 0 Å². The first-order chi connectivity index (χ1) is 9.58. The molecule has 3 rings (SSSR count). The fraction of sp³-hybridized carbons (Fsp3) is 0.286. The molecule has 0 aliphatic carbocycles. The number of hydrogen-bond donors (Lipinski definition) is 0. The average Bonchev–Trinajstić information content (AvgIpc) is 2.74. The quantitative estimate of drug-likeness (QED) is 0.719.